The number of aromatic nitrogens is 3. The van der Waals surface area contributed by atoms with Crippen molar-refractivity contribution in [3.05, 3.63) is 41.5 Å². The van der Waals surface area contributed by atoms with Crippen molar-refractivity contribution in [3.63, 3.8) is 0 Å². The molecule has 2 rings (SSSR count). The SMILES string of the molecule is Cc1cccc(NC(=O)NCc2ncn(C)n2)c1C(=O)O. The molecule has 8 nitrogen and oxygen atoms in total. The van der Waals surface area contributed by atoms with E-state index in [1.165, 1.54) is 17.1 Å². The largest absolute Gasteiger partial charge is 0.478 e. The maximum absolute atomic E-state index is 11.8. The van der Waals surface area contributed by atoms with Gasteiger partial charge >= 0.3 is 12.0 Å². The molecule has 8 heteroatoms. The van der Waals surface area contributed by atoms with E-state index < -0.39 is 12.0 Å². The van der Waals surface area contributed by atoms with Gasteiger partial charge < -0.3 is 15.7 Å². The van der Waals surface area contributed by atoms with Gasteiger partial charge in [0.2, 0.25) is 0 Å². The van der Waals surface area contributed by atoms with E-state index in [0.717, 1.165) is 0 Å². The first-order valence-corrected chi connectivity index (χ1v) is 6.19. The van der Waals surface area contributed by atoms with Gasteiger partial charge in [-0.3, -0.25) is 4.68 Å². The van der Waals surface area contributed by atoms with Crippen LogP contribution in [0.2, 0.25) is 0 Å². The summed E-state index contributed by atoms with van der Waals surface area (Å²) in [6, 6.07) is 4.37. The maximum Gasteiger partial charge on any atom is 0.338 e. The Kier molecular flexibility index (Phi) is 4.17. The van der Waals surface area contributed by atoms with Gasteiger partial charge in [-0.25, -0.2) is 14.6 Å². The number of hydrogen-bond donors (Lipinski definition) is 3. The Balaban J connectivity index is 2.03. The zero-order valence-electron chi connectivity index (χ0n) is 11.6. The summed E-state index contributed by atoms with van der Waals surface area (Å²) in [6.07, 6.45) is 1.53. The molecule has 0 unspecified atom stereocenters. The maximum atomic E-state index is 11.8. The van der Waals surface area contributed by atoms with Crippen molar-refractivity contribution in [1.82, 2.24) is 20.1 Å². The van der Waals surface area contributed by atoms with E-state index >= 15 is 0 Å². The molecule has 1 aromatic heterocycles. The highest BCUT2D eigenvalue weighted by Gasteiger charge is 2.14. The number of urea groups is 1. The number of carboxylic acids is 1. The third kappa shape index (κ3) is 3.56. The predicted octanol–water partition coefficient (Wildman–Crippen LogP) is 1.14. The molecule has 1 heterocycles. The zero-order valence-corrected chi connectivity index (χ0v) is 11.6. The Labute approximate surface area is 120 Å². The molecule has 110 valence electrons. The number of anilines is 1. The van der Waals surface area contributed by atoms with Crippen LogP contribution in [0.15, 0.2) is 24.5 Å². The summed E-state index contributed by atoms with van der Waals surface area (Å²) in [6.45, 7) is 1.82. The minimum atomic E-state index is -1.09. The fourth-order valence-electron chi connectivity index (χ4n) is 1.85. The van der Waals surface area contributed by atoms with E-state index in [4.69, 9.17) is 0 Å². The summed E-state index contributed by atoms with van der Waals surface area (Å²) < 4.78 is 1.53. The summed E-state index contributed by atoms with van der Waals surface area (Å²) in [5, 5.41) is 18.3. The van der Waals surface area contributed by atoms with Crippen LogP contribution in [0.5, 0.6) is 0 Å². The highest BCUT2D eigenvalue weighted by Crippen LogP contribution is 2.19. The summed E-state index contributed by atoms with van der Waals surface area (Å²) in [5.41, 5.74) is 0.893. The lowest BCUT2D eigenvalue weighted by Crippen LogP contribution is -2.29. The Morgan fingerprint density at radius 2 is 2.14 bits per heavy atom. The lowest BCUT2D eigenvalue weighted by Gasteiger charge is -2.10. The number of carbonyl (C=O) groups excluding carboxylic acids is 1. The number of amides is 2. The first-order valence-electron chi connectivity index (χ1n) is 6.19. The van der Waals surface area contributed by atoms with Crippen molar-refractivity contribution in [3.8, 4) is 0 Å². The minimum Gasteiger partial charge on any atom is -0.478 e. The minimum absolute atomic E-state index is 0.0728. The van der Waals surface area contributed by atoms with Crippen molar-refractivity contribution < 1.29 is 14.7 Å². The first-order chi connectivity index (χ1) is 9.97. The third-order valence-corrected chi connectivity index (χ3v) is 2.79. The molecule has 0 atom stereocenters. The van der Waals surface area contributed by atoms with E-state index in [9.17, 15) is 14.7 Å². The number of carboxylic acid groups (broad SMARTS) is 1. The van der Waals surface area contributed by atoms with Gasteiger partial charge in [0.25, 0.3) is 0 Å². The Morgan fingerprint density at radius 1 is 1.38 bits per heavy atom. The van der Waals surface area contributed by atoms with Crippen LogP contribution in [0.3, 0.4) is 0 Å². The molecule has 1 aromatic carbocycles. The molecule has 0 fully saturated rings. The summed E-state index contributed by atoms with van der Waals surface area (Å²) in [7, 11) is 1.72. The van der Waals surface area contributed by atoms with E-state index in [0.29, 0.717) is 11.4 Å². The topological polar surface area (TPSA) is 109 Å². The lowest BCUT2D eigenvalue weighted by molar-refractivity contribution is 0.0697. The van der Waals surface area contributed by atoms with Crippen LogP contribution in [-0.2, 0) is 13.6 Å². The van der Waals surface area contributed by atoms with Gasteiger partial charge in [-0.15, -0.1) is 0 Å². The van der Waals surface area contributed by atoms with Crippen LogP contribution in [0.1, 0.15) is 21.7 Å². The van der Waals surface area contributed by atoms with Crippen molar-refractivity contribution in [2.24, 2.45) is 7.05 Å². The Bertz CT molecular complexity index is 680. The van der Waals surface area contributed by atoms with Crippen LogP contribution in [0, 0.1) is 6.92 Å². The first kappa shape index (κ1) is 14.5. The highest BCUT2D eigenvalue weighted by molar-refractivity contribution is 6.01. The summed E-state index contributed by atoms with van der Waals surface area (Å²) >= 11 is 0. The van der Waals surface area contributed by atoms with E-state index in [-0.39, 0.29) is 17.8 Å². The average molecular weight is 289 g/mol. The Morgan fingerprint density at radius 3 is 2.76 bits per heavy atom. The molecule has 0 radical (unpaired) electrons. The van der Waals surface area contributed by atoms with Gasteiger partial charge in [0.15, 0.2) is 5.82 Å². The molecule has 0 saturated heterocycles. The zero-order chi connectivity index (χ0) is 15.4. The molecular weight excluding hydrogens is 274 g/mol. The number of rotatable bonds is 4. The van der Waals surface area contributed by atoms with Gasteiger partial charge in [-0.05, 0) is 18.6 Å². The van der Waals surface area contributed by atoms with Crippen molar-refractivity contribution in [2.75, 3.05) is 5.32 Å². The van der Waals surface area contributed by atoms with Gasteiger partial charge in [0.05, 0.1) is 17.8 Å². The molecule has 0 saturated carbocycles. The normalized spacial score (nSPS) is 10.2. The second-order valence-corrected chi connectivity index (χ2v) is 4.44. The number of hydrogen-bond acceptors (Lipinski definition) is 4. The molecule has 0 aliphatic heterocycles. The van der Waals surface area contributed by atoms with Crippen LogP contribution in [0.4, 0.5) is 10.5 Å². The van der Waals surface area contributed by atoms with Crippen LogP contribution >= 0.6 is 0 Å². The van der Waals surface area contributed by atoms with E-state index in [1.807, 2.05) is 0 Å². The van der Waals surface area contributed by atoms with Gasteiger partial charge in [0, 0.05) is 7.05 Å². The molecule has 2 aromatic rings. The Hall–Kier alpha value is -2.90. The molecular formula is C13H15N5O3. The van der Waals surface area contributed by atoms with Crippen LogP contribution in [-0.4, -0.2) is 31.9 Å². The lowest BCUT2D eigenvalue weighted by atomic mass is 10.1. The van der Waals surface area contributed by atoms with Gasteiger partial charge in [-0.1, -0.05) is 12.1 Å². The number of aryl methyl sites for hydroxylation is 2. The standard InChI is InChI=1S/C13H15N5O3/c1-8-4-3-5-9(11(8)12(19)20)16-13(21)14-6-10-15-7-18(2)17-10/h3-5,7H,6H2,1-2H3,(H,19,20)(H2,14,16,21). The fourth-order valence-corrected chi connectivity index (χ4v) is 1.85. The van der Waals surface area contributed by atoms with Gasteiger partial charge in [0.1, 0.15) is 6.33 Å². The predicted molar refractivity (Wildman–Crippen MR) is 75.0 cm³/mol. The number of benzene rings is 1. The fraction of sp³-hybridized carbons (Fsp3) is 0.231. The number of nitrogens with one attached hydrogen (secondary N) is 2. The van der Waals surface area contributed by atoms with Crippen LogP contribution in [0.25, 0.3) is 0 Å². The molecule has 2 amide bonds. The molecule has 3 N–H and O–H groups in total. The average Bonchev–Trinajstić information content (AvgIpc) is 2.82. The highest BCUT2D eigenvalue weighted by atomic mass is 16.4. The summed E-state index contributed by atoms with van der Waals surface area (Å²) in [5.74, 6) is -0.620. The molecule has 0 aliphatic carbocycles. The number of carbonyl (C=O) groups is 2. The molecule has 21 heavy (non-hydrogen) atoms. The van der Waals surface area contributed by atoms with E-state index in [2.05, 4.69) is 20.7 Å². The van der Waals surface area contributed by atoms with Crippen molar-refractivity contribution in [2.45, 2.75) is 13.5 Å². The monoisotopic (exact) mass is 289 g/mol. The smallest absolute Gasteiger partial charge is 0.338 e. The van der Waals surface area contributed by atoms with Crippen molar-refractivity contribution >= 4 is 17.7 Å². The second-order valence-electron chi connectivity index (χ2n) is 4.44. The number of nitrogens with zero attached hydrogens (tertiary/aromatic N) is 3. The quantitative estimate of drug-likeness (QED) is 0.782. The molecule has 0 bridgehead atoms. The third-order valence-electron chi connectivity index (χ3n) is 2.79. The molecule has 0 aliphatic rings. The molecule has 0 spiro atoms. The van der Waals surface area contributed by atoms with Crippen LogP contribution < -0.4 is 10.6 Å². The second kappa shape index (κ2) is 6.04. The summed E-state index contributed by atoms with van der Waals surface area (Å²) in [4.78, 5) is 27.0. The van der Waals surface area contributed by atoms with Gasteiger partial charge in [-0.2, -0.15) is 5.10 Å². The number of aromatic carboxylic acids is 1. The van der Waals surface area contributed by atoms with E-state index in [1.54, 1.807) is 26.1 Å². The van der Waals surface area contributed by atoms with Crippen molar-refractivity contribution in [1.29, 1.82) is 0 Å².